The fourth-order valence-corrected chi connectivity index (χ4v) is 2.07. The van der Waals surface area contributed by atoms with E-state index in [0.717, 1.165) is 19.3 Å². The van der Waals surface area contributed by atoms with E-state index in [0.29, 0.717) is 17.9 Å². The Labute approximate surface area is 116 Å². The van der Waals surface area contributed by atoms with Crippen LogP contribution < -0.4 is 0 Å². The van der Waals surface area contributed by atoms with Crippen LogP contribution in [0.4, 0.5) is 0 Å². The predicted molar refractivity (Wildman–Crippen MR) is 78.2 cm³/mol. The van der Waals surface area contributed by atoms with Gasteiger partial charge in [0.25, 0.3) is 0 Å². The van der Waals surface area contributed by atoms with E-state index >= 15 is 0 Å². The third kappa shape index (κ3) is 5.37. The molecule has 2 heteroatoms. The maximum atomic E-state index is 12.1. The van der Waals surface area contributed by atoms with E-state index in [4.69, 9.17) is 0 Å². The van der Waals surface area contributed by atoms with Crippen LogP contribution in [-0.4, -0.2) is 11.6 Å². The van der Waals surface area contributed by atoms with Gasteiger partial charge in [0.05, 0.1) is 5.92 Å². The van der Waals surface area contributed by atoms with Crippen molar-refractivity contribution in [1.29, 1.82) is 0 Å². The third-order valence-electron chi connectivity index (χ3n) is 3.39. The van der Waals surface area contributed by atoms with Crippen molar-refractivity contribution in [2.75, 3.05) is 0 Å². The largest absolute Gasteiger partial charge is 0.299 e. The molecular formula is C17H24O2. The second kappa shape index (κ2) is 7.88. The molecule has 1 rings (SSSR count). The van der Waals surface area contributed by atoms with Crippen LogP contribution >= 0.6 is 0 Å². The Morgan fingerprint density at radius 1 is 1.00 bits per heavy atom. The van der Waals surface area contributed by atoms with Crippen LogP contribution in [0.15, 0.2) is 30.3 Å². The number of Topliss-reactive ketones (excluding diaryl/α,β-unsaturated/α-hetero) is 2. The highest BCUT2D eigenvalue weighted by Crippen LogP contribution is 2.14. The zero-order valence-corrected chi connectivity index (χ0v) is 12.2. The maximum absolute atomic E-state index is 12.1. The Morgan fingerprint density at radius 3 is 2.21 bits per heavy atom. The lowest BCUT2D eigenvalue weighted by Gasteiger charge is -2.10. The molecule has 0 heterocycles. The molecular weight excluding hydrogens is 236 g/mol. The van der Waals surface area contributed by atoms with Crippen LogP contribution in [-0.2, 0) is 4.79 Å². The van der Waals surface area contributed by atoms with Crippen molar-refractivity contribution in [3.8, 4) is 0 Å². The van der Waals surface area contributed by atoms with Gasteiger partial charge in [-0.25, -0.2) is 0 Å². The van der Waals surface area contributed by atoms with Crippen LogP contribution in [0.3, 0.4) is 0 Å². The van der Waals surface area contributed by atoms with Gasteiger partial charge in [0.2, 0.25) is 0 Å². The lowest BCUT2D eigenvalue weighted by Crippen LogP contribution is -2.21. The molecule has 2 nitrogen and oxygen atoms in total. The molecule has 0 bridgehead atoms. The monoisotopic (exact) mass is 260 g/mol. The van der Waals surface area contributed by atoms with Crippen molar-refractivity contribution in [2.24, 2.45) is 11.8 Å². The molecule has 1 aromatic rings. The summed E-state index contributed by atoms with van der Waals surface area (Å²) in [7, 11) is 0. The first kappa shape index (κ1) is 15.6. The Balaban J connectivity index is 2.42. The SMILES string of the molecule is CC(C)CCCCC(=O)C(C)C(=O)c1ccccc1. The summed E-state index contributed by atoms with van der Waals surface area (Å²) >= 11 is 0. The molecule has 1 unspecified atom stereocenters. The van der Waals surface area contributed by atoms with Gasteiger partial charge < -0.3 is 0 Å². The Hall–Kier alpha value is -1.44. The van der Waals surface area contributed by atoms with Gasteiger partial charge in [-0.2, -0.15) is 0 Å². The zero-order chi connectivity index (χ0) is 14.3. The van der Waals surface area contributed by atoms with Crippen LogP contribution in [0.5, 0.6) is 0 Å². The molecule has 0 aliphatic heterocycles. The van der Waals surface area contributed by atoms with E-state index in [1.807, 2.05) is 18.2 Å². The summed E-state index contributed by atoms with van der Waals surface area (Å²) in [6, 6.07) is 9.06. The minimum absolute atomic E-state index is 0.0607. The highest BCUT2D eigenvalue weighted by molar-refractivity contribution is 6.10. The first-order valence-corrected chi connectivity index (χ1v) is 7.14. The van der Waals surface area contributed by atoms with Gasteiger partial charge in [0, 0.05) is 12.0 Å². The number of carbonyl (C=O) groups excluding carboxylic acids is 2. The van der Waals surface area contributed by atoms with Crippen LogP contribution in [0.1, 0.15) is 56.8 Å². The molecule has 0 aliphatic rings. The van der Waals surface area contributed by atoms with Gasteiger partial charge in [0.15, 0.2) is 5.78 Å². The van der Waals surface area contributed by atoms with E-state index in [-0.39, 0.29) is 11.6 Å². The molecule has 0 aliphatic carbocycles. The highest BCUT2D eigenvalue weighted by atomic mass is 16.1. The Bertz CT molecular complexity index is 407. The molecule has 0 radical (unpaired) electrons. The van der Waals surface area contributed by atoms with Crippen molar-refractivity contribution in [3.05, 3.63) is 35.9 Å². The van der Waals surface area contributed by atoms with Crippen molar-refractivity contribution in [2.45, 2.75) is 46.5 Å². The standard InChI is InChI=1S/C17H24O2/c1-13(2)9-7-8-12-16(18)14(3)17(19)15-10-5-4-6-11-15/h4-6,10-11,13-14H,7-9,12H2,1-3H3. The maximum Gasteiger partial charge on any atom is 0.173 e. The number of carbonyl (C=O) groups is 2. The zero-order valence-electron chi connectivity index (χ0n) is 12.2. The summed E-state index contributed by atoms with van der Waals surface area (Å²) in [5, 5.41) is 0. The van der Waals surface area contributed by atoms with Gasteiger partial charge in [0.1, 0.15) is 5.78 Å². The van der Waals surface area contributed by atoms with Gasteiger partial charge in [-0.3, -0.25) is 9.59 Å². The molecule has 0 saturated carbocycles. The van der Waals surface area contributed by atoms with Crippen molar-refractivity contribution >= 4 is 11.6 Å². The summed E-state index contributed by atoms with van der Waals surface area (Å²) in [6.07, 6.45) is 3.62. The lowest BCUT2D eigenvalue weighted by atomic mass is 9.92. The lowest BCUT2D eigenvalue weighted by molar-refractivity contribution is -0.121. The number of hydrogen-bond donors (Lipinski definition) is 0. The third-order valence-corrected chi connectivity index (χ3v) is 3.39. The number of rotatable bonds is 8. The van der Waals surface area contributed by atoms with Crippen LogP contribution in [0.2, 0.25) is 0 Å². The molecule has 0 fully saturated rings. The summed E-state index contributed by atoms with van der Waals surface area (Å²) < 4.78 is 0. The normalized spacial score (nSPS) is 12.4. The van der Waals surface area contributed by atoms with Gasteiger partial charge >= 0.3 is 0 Å². The first-order valence-electron chi connectivity index (χ1n) is 7.14. The van der Waals surface area contributed by atoms with E-state index in [9.17, 15) is 9.59 Å². The minimum Gasteiger partial charge on any atom is -0.299 e. The van der Waals surface area contributed by atoms with Crippen LogP contribution in [0.25, 0.3) is 0 Å². The fraction of sp³-hybridized carbons (Fsp3) is 0.529. The van der Waals surface area contributed by atoms with E-state index in [1.54, 1.807) is 19.1 Å². The summed E-state index contributed by atoms with van der Waals surface area (Å²) in [6.45, 7) is 6.09. The first-order chi connectivity index (χ1) is 9.02. The molecule has 1 aromatic carbocycles. The Kier molecular flexibility index (Phi) is 6.48. The summed E-state index contributed by atoms with van der Waals surface area (Å²) in [4.78, 5) is 24.1. The molecule has 0 spiro atoms. The fourth-order valence-electron chi connectivity index (χ4n) is 2.07. The van der Waals surface area contributed by atoms with E-state index in [2.05, 4.69) is 13.8 Å². The predicted octanol–water partition coefficient (Wildman–Crippen LogP) is 4.29. The summed E-state index contributed by atoms with van der Waals surface area (Å²) in [5.74, 6) is 0.173. The quantitative estimate of drug-likeness (QED) is 0.397. The molecule has 0 aromatic heterocycles. The van der Waals surface area contributed by atoms with Crippen molar-refractivity contribution in [1.82, 2.24) is 0 Å². The second-order valence-electron chi connectivity index (χ2n) is 5.56. The number of benzene rings is 1. The van der Waals surface area contributed by atoms with E-state index in [1.165, 1.54) is 0 Å². The smallest absolute Gasteiger partial charge is 0.173 e. The van der Waals surface area contributed by atoms with Gasteiger partial charge in [-0.1, -0.05) is 57.0 Å². The van der Waals surface area contributed by atoms with Gasteiger partial charge in [-0.05, 0) is 19.3 Å². The topological polar surface area (TPSA) is 34.1 Å². The van der Waals surface area contributed by atoms with Gasteiger partial charge in [-0.15, -0.1) is 0 Å². The van der Waals surface area contributed by atoms with Crippen molar-refractivity contribution in [3.63, 3.8) is 0 Å². The van der Waals surface area contributed by atoms with Crippen LogP contribution in [0, 0.1) is 11.8 Å². The van der Waals surface area contributed by atoms with E-state index < -0.39 is 5.92 Å². The molecule has 0 N–H and O–H groups in total. The van der Waals surface area contributed by atoms with Crippen molar-refractivity contribution < 1.29 is 9.59 Å². The summed E-state index contributed by atoms with van der Waals surface area (Å²) in [5.41, 5.74) is 0.630. The number of ketones is 2. The Morgan fingerprint density at radius 2 is 1.63 bits per heavy atom. The average Bonchev–Trinajstić information content (AvgIpc) is 2.42. The molecule has 19 heavy (non-hydrogen) atoms. The highest BCUT2D eigenvalue weighted by Gasteiger charge is 2.21. The second-order valence-corrected chi connectivity index (χ2v) is 5.56. The molecule has 104 valence electrons. The minimum atomic E-state index is -0.513. The molecule has 1 atom stereocenters. The molecule has 0 saturated heterocycles. The molecule has 0 amide bonds. The number of hydrogen-bond acceptors (Lipinski definition) is 2. The average molecular weight is 260 g/mol. The number of unbranched alkanes of at least 4 members (excludes halogenated alkanes) is 1.